The minimum atomic E-state index is -0.00293. The van der Waals surface area contributed by atoms with E-state index >= 15 is 0 Å². The number of rotatable bonds is 7. The average Bonchev–Trinajstić information content (AvgIpc) is 3.42. The highest BCUT2D eigenvalue weighted by Crippen LogP contribution is 2.22. The van der Waals surface area contributed by atoms with Crippen LogP contribution in [0.1, 0.15) is 41.6 Å². The first-order valence-electron chi connectivity index (χ1n) is 10.4. The van der Waals surface area contributed by atoms with E-state index in [2.05, 4.69) is 34.0 Å². The lowest BCUT2D eigenvalue weighted by Crippen LogP contribution is -2.38. The second-order valence-electron chi connectivity index (χ2n) is 8.07. The van der Waals surface area contributed by atoms with Crippen LogP contribution in [0.5, 0.6) is 0 Å². The minimum absolute atomic E-state index is 0.00293. The lowest BCUT2D eigenvalue weighted by Gasteiger charge is -2.26. The zero-order valence-corrected chi connectivity index (χ0v) is 17.3. The van der Waals surface area contributed by atoms with Gasteiger partial charge >= 0.3 is 0 Å². The molecule has 1 amide bonds. The summed E-state index contributed by atoms with van der Waals surface area (Å²) in [5.41, 5.74) is 3.34. The van der Waals surface area contributed by atoms with Gasteiger partial charge in [-0.2, -0.15) is 0 Å². The number of imidazole rings is 1. The molecule has 152 valence electrons. The predicted molar refractivity (Wildman–Crippen MR) is 115 cm³/mol. The topological polar surface area (TPSA) is 54.3 Å². The number of hydrogen-bond donors (Lipinski definition) is 0. The monoisotopic (exact) mass is 391 g/mol. The molecule has 1 aromatic carbocycles. The number of carbonyl (C=O) groups is 1. The summed E-state index contributed by atoms with van der Waals surface area (Å²) in [4.78, 5) is 26.0. The SMILES string of the molecule is CN(CCN(C)C1CCCC1)C(=O)c1cnc2c(c1)ncn2Cc1ccccc1. The van der Waals surface area contributed by atoms with Crippen molar-refractivity contribution >= 4 is 17.1 Å². The second kappa shape index (κ2) is 8.74. The van der Waals surface area contributed by atoms with E-state index in [1.54, 1.807) is 17.4 Å². The van der Waals surface area contributed by atoms with Crippen LogP contribution in [0.15, 0.2) is 48.9 Å². The first kappa shape index (κ1) is 19.6. The van der Waals surface area contributed by atoms with Crippen LogP contribution in [0.4, 0.5) is 0 Å². The molecule has 0 saturated heterocycles. The van der Waals surface area contributed by atoms with E-state index in [0.717, 1.165) is 17.7 Å². The lowest BCUT2D eigenvalue weighted by atomic mass is 10.2. The van der Waals surface area contributed by atoms with Gasteiger partial charge in [-0.05, 0) is 31.5 Å². The number of hydrogen-bond acceptors (Lipinski definition) is 4. The van der Waals surface area contributed by atoms with Gasteiger partial charge in [0.1, 0.15) is 5.52 Å². The van der Waals surface area contributed by atoms with Crippen molar-refractivity contribution in [2.75, 3.05) is 27.2 Å². The fourth-order valence-electron chi connectivity index (χ4n) is 4.12. The summed E-state index contributed by atoms with van der Waals surface area (Å²) in [5.74, 6) is -0.00293. The van der Waals surface area contributed by atoms with Gasteiger partial charge in [0, 0.05) is 32.4 Å². The van der Waals surface area contributed by atoms with E-state index in [4.69, 9.17) is 0 Å². The standard InChI is InChI=1S/C23H29N5O/c1-26(20-10-6-7-11-20)12-13-27(2)23(29)19-14-21-22(24-15-19)28(17-25-21)16-18-8-4-3-5-9-18/h3-5,8-9,14-15,17,20H,6-7,10-13,16H2,1-2H3. The van der Waals surface area contributed by atoms with Crippen molar-refractivity contribution in [3.8, 4) is 0 Å². The summed E-state index contributed by atoms with van der Waals surface area (Å²) in [7, 11) is 4.03. The lowest BCUT2D eigenvalue weighted by molar-refractivity contribution is 0.0774. The summed E-state index contributed by atoms with van der Waals surface area (Å²) in [6.45, 7) is 2.33. The third-order valence-corrected chi connectivity index (χ3v) is 5.98. The van der Waals surface area contributed by atoms with E-state index in [1.165, 1.54) is 31.2 Å². The normalized spacial score (nSPS) is 14.7. The summed E-state index contributed by atoms with van der Waals surface area (Å²) in [6.07, 6.45) is 8.67. The number of carbonyl (C=O) groups excluding carboxylic acids is 1. The molecular formula is C23H29N5O. The highest BCUT2D eigenvalue weighted by molar-refractivity contribution is 5.96. The fourth-order valence-corrected chi connectivity index (χ4v) is 4.12. The molecule has 0 aliphatic heterocycles. The van der Waals surface area contributed by atoms with Gasteiger partial charge < -0.3 is 14.4 Å². The van der Waals surface area contributed by atoms with Crippen LogP contribution in [0.25, 0.3) is 11.2 Å². The Morgan fingerprint density at radius 2 is 1.86 bits per heavy atom. The van der Waals surface area contributed by atoms with Crippen molar-refractivity contribution in [3.05, 3.63) is 60.0 Å². The van der Waals surface area contributed by atoms with Crippen molar-refractivity contribution in [3.63, 3.8) is 0 Å². The molecule has 3 aromatic rings. The third-order valence-electron chi connectivity index (χ3n) is 5.98. The molecule has 0 N–H and O–H groups in total. The van der Waals surface area contributed by atoms with Gasteiger partial charge in [-0.1, -0.05) is 43.2 Å². The van der Waals surface area contributed by atoms with E-state index < -0.39 is 0 Å². The van der Waals surface area contributed by atoms with Crippen molar-refractivity contribution in [2.24, 2.45) is 0 Å². The number of aromatic nitrogens is 3. The van der Waals surface area contributed by atoms with Crippen molar-refractivity contribution in [1.82, 2.24) is 24.3 Å². The van der Waals surface area contributed by atoms with Gasteiger partial charge in [0.25, 0.3) is 5.91 Å². The molecule has 0 atom stereocenters. The predicted octanol–water partition coefficient (Wildman–Crippen LogP) is 3.43. The van der Waals surface area contributed by atoms with Gasteiger partial charge in [0.2, 0.25) is 0 Å². The molecule has 0 unspecified atom stereocenters. The van der Waals surface area contributed by atoms with Crippen LogP contribution in [0, 0.1) is 0 Å². The van der Waals surface area contributed by atoms with E-state index in [0.29, 0.717) is 24.7 Å². The quantitative estimate of drug-likeness (QED) is 0.619. The van der Waals surface area contributed by atoms with Gasteiger partial charge in [0.05, 0.1) is 18.4 Å². The van der Waals surface area contributed by atoms with Gasteiger partial charge in [-0.15, -0.1) is 0 Å². The Hall–Kier alpha value is -2.73. The average molecular weight is 392 g/mol. The molecule has 4 rings (SSSR count). The van der Waals surface area contributed by atoms with Gasteiger partial charge in [0.15, 0.2) is 5.65 Å². The zero-order chi connectivity index (χ0) is 20.2. The summed E-state index contributed by atoms with van der Waals surface area (Å²) in [5, 5.41) is 0. The van der Waals surface area contributed by atoms with Crippen molar-refractivity contribution < 1.29 is 4.79 Å². The van der Waals surface area contributed by atoms with Crippen LogP contribution >= 0.6 is 0 Å². The Labute approximate surface area is 172 Å². The second-order valence-corrected chi connectivity index (χ2v) is 8.07. The maximum Gasteiger partial charge on any atom is 0.255 e. The number of fused-ring (bicyclic) bond motifs is 1. The molecule has 29 heavy (non-hydrogen) atoms. The van der Waals surface area contributed by atoms with Crippen molar-refractivity contribution in [1.29, 1.82) is 0 Å². The summed E-state index contributed by atoms with van der Waals surface area (Å²) in [6, 6.07) is 12.8. The fraction of sp³-hybridized carbons (Fsp3) is 0.435. The number of likely N-dealkylation sites (N-methyl/N-ethyl adjacent to an activating group) is 2. The molecule has 1 aliphatic rings. The van der Waals surface area contributed by atoms with Crippen LogP contribution in [0.3, 0.4) is 0 Å². The first-order chi connectivity index (χ1) is 14.1. The number of benzene rings is 1. The largest absolute Gasteiger partial charge is 0.340 e. The maximum absolute atomic E-state index is 12.9. The summed E-state index contributed by atoms with van der Waals surface area (Å²) >= 11 is 0. The van der Waals surface area contributed by atoms with Gasteiger partial charge in [-0.3, -0.25) is 4.79 Å². The Kier molecular flexibility index (Phi) is 5.90. The Morgan fingerprint density at radius 1 is 1.10 bits per heavy atom. The highest BCUT2D eigenvalue weighted by atomic mass is 16.2. The molecule has 1 aliphatic carbocycles. The number of pyridine rings is 1. The van der Waals surface area contributed by atoms with E-state index in [-0.39, 0.29) is 5.91 Å². The van der Waals surface area contributed by atoms with Gasteiger partial charge in [-0.25, -0.2) is 9.97 Å². The molecule has 0 radical (unpaired) electrons. The molecule has 6 heteroatoms. The number of nitrogens with zero attached hydrogens (tertiary/aromatic N) is 5. The highest BCUT2D eigenvalue weighted by Gasteiger charge is 2.21. The third kappa shape index (κ3) is 4.48. The zero-order valence-electron chi connectivity index (χ0n) is 17.3. The molecule has 2 aromatic heterocycles. The Morgan fingerprint density at radius 3 is 2.62 bits per heavy atom. The van der Waals surface area contributed by atoms with Crippen LogP contribution in [-0.4, -0.2) is 63.5 Å². The molecule has 0 bridgehead atoms. The van der Waals surface area contributed by atoms with Crippen LogP contribution in [0.2, 0.25) is 0 Å². The van der Waals surface area contributed by atoms with Crippen molar-refractivity contribution in [2.45, 2.75) is 38.3 Å². The molecular weight excluding hydrogens is 362 g/mol. The Bertz CT molecular complexity index is 962. The molecule has 1 fully saturated rings. The van der Waals surface area contributed by atoms with E-state index in [9.17, 15) is 4.79 Å². The molecule has 2 heterocycles. The van der Waals surface area contributed by atoms with Crippen LogP contribution < -0.4 is 0 Å². The molecule has 1 saturated carbocycles. The Balaban J connectivity index is 1.41. The first-order valence-corrected chi connectivity index (χ1v) is 10.4. The summed E-state index contributed by atoms with van der Waals surface area (Å²) < 4.78 is 2.01. The molecule has 6 nitrogen and oxygen atoms in total. The van der Waals surface area contributed by atoms with Crippen LogP contribution in [-0.2, 0) is 6.54 Å². The number of amides is 1. The minimum Gasteiger partial charge on any atom is -0.340 e. The smallest absolute Gasteiger partial charge is 0.255 e. The molecule has 0 spiro atoms. The maximum atomic E-state index is 12.9. The van der Waals surface area contributed by atoms with E-state index in [1.807, 2.05) is 35.9 Å².